The number of aromatic nitrogens is 3. The normalized spacial score (nSPS) is 16.2. The molecule has 58 heavy (non-hydrogen) atoms. The molecule has 0 amide bonds. The summed E-state index contributed by atoms with van der Waals surface area (Å²) in [6, 6.07) is 0.872. The highest BCUT2D eigenvalue weighted by Gasteiger charge is 2.48. The number of aliphatic hydroxyl groups is 1. The van der Waals surface area contributed by atoms with Gasteiger partial charge < -0.3 is 43.6 Å². The standard InChI is InChI=1S/C12H15F3N2O3.C8H7ClF3NO2.C8H8F3NO3.C5H10O.CH4.ClH/c1-16-3-2-8(18)10(19)9(16)11(12(13,14)15)17-4-6-20-7-5-17;1-13-3-2-4(14)6(15)5(13)7(9)8(10,11)12;1-12-3-2-4(13)6(14)5(12)7(15)8(9,10)11;1-2-4-6-5-3-1;;/h2-3,11,19H,4-7H2,1H3;2-3,7,15H,1H3;2-3,7,14-15H,1H3;1-5H2;1H4;1H. The lowest BCUT2D eigenvalue weighted by Crippen LogP contribution is -2.46. The largest absolute Gasteiger partial charge is 0.503 e. The van der Waals surface area contributed by atoms with Gasteiger partial charge in [-0.15, -0.1) is 24.0 Å². The number of aryl methyl sites for hydroxylation is 3. The van der Waals surface area contributed by atoms with E-state index in [-0.39, 0.29) is 46.1 Å². The first kappa shape index (κ1) is 54.0. The number of hydrogen-bond acceptors (Lipinski definition) is 10. The third kappa shape index (κ3) is 15.0. The highest BCUT2D eigenvalue weighted by atomic mass is 35.5. The lowest BCUT2D eigenvalue weighted by molar-refractivity contribution is -0.209. The molecule has 3 unspecified atom stereocenters. The predicted molar refractivity (Wildman–Crippen MR) is 196 cm³/mol. The number of alkyl halides is 10. The van der Waals surface area contributed by atoms with E-state index in [4.69, 9.17) is 31.3 Å². The summed E-state index contributed by atoms with van der Waals surface area (Å²) in [7, 11) is 3.81. The van der Waals surface area contributed by atoms with E-state index in [2.05, 4.69) is 0 Å². The second-order valence-electron chi connectivity index (χ2n) is 12.2. The molecule has 4 N–H and O–H groups in total. The summed E-state index contributed by atoms with van der Waals surface area (Å²) < 4.78 is 126. The first-order chi connectivity index (χ1) is 25.8. The molecular weight excluding hydrogens is 850 g/mol. The Morgan fingerprint density at radius 3 is 1.31 bits per heavy atom. The molecule has 2 saturated heterocycles. The van der Waals surface area contributed by atoms with E-state index < -0.39 is 86.7 Å². The summed E-state index contributed by atoms with van der Waals surface area (Å²) in [6.07, 6.45) is -9.83. The first-order valence-corrected chi connectivity index (χ1v) is 16.8. The monoisotopic (exact) mass is 894 g/mol. The van der Waals surface area contributed by atoms with Crippen LogP contribution in [0.3, 0.4) is 0 Å². The topological polar surface area (TPSA) is 169 Å². The Bertz CT molecular complexity index is 1820. The SMILES string of the molecule is C.C1CCOCC1.Cl.Cn1ccc(=O)c(O)c1C(Cl)C(F)(F)F.Cn1ccc(=O)c(O)c1C(N1CCOCC1)C(F)(F)F.Cn1ccc(=O)c(O)c1C(O)C(F)(F)F. The average molecular weight is 896 g/mol. The van der Waals surface area contributed by atoms with Crippen LogP contribution in [0.25, 0.3) is 0 Å². The summed E-state index contributed by atoms with van der Waals surface area (Å²) in [6.45, 7) is 2.56. The second-order valence-corrected chi connectivity index (χ2v) is 12.6. The van der Waals surface area contributed by atoms with Crippen molar-refractivity contribution in [2.75, 3.05) is 39.5 Å². The molecule has 24 heteroatoms. The van der Waals surface area contributed by atoms with E-state index in [0.717, 1.165) is 62.4 Å². The Morgan fingerprint density at radius 1 is 0.603 bits per heavy atom. The number of ether oxygens (including phenoxy) is 2. The molecule has 2 aliphatic rings. The van der Waals surface area contributed by atoms with Crippen LogP contribution < -0.4 is 16.3 Å². The second kappa shape index (κ2) is 23.0. The zero-order valence-electron chi connectivity index (χ0n) is 30.4. The molecule has 0 radical (unpaired) electrons. The van der Waals surface area contributed by atoms with Crippen molar-refractivity contribution in [2.24, 2.45) is 21.1 Å². The van der Waals surface area contributed by atoms with Crippen LogP contribution in [0.1, 0.15) is 61.3 Å². The lowest BCUT2D eigenvalue weighted by Gasteiger charge is -2.36. The van der Waals surface area contributed by atoms with Crippen LogP contribution in [-0.4, -0.2) is 97.1 Å². The lowest BCUT2D eigenvalue weighted by atomic mass is 10.1. The van der Waals surface area contributed by atoms with Crippen molar-refractivity contribution in [1.29, 1.82) is 0 Å². The maximum Gasteiger partial charge on any atom is 0.420 e. The number of halogens is 11. The third-order valence-electron chi connectivity index (χ3n) is 8.07. The van der Waals surface area contributed by atoms with E-state index in [1.165, 1.54) is 46.6 Å². The minimum atomic E-state index is -4.93. The summed E-state index contributed by atoms with van der Waals surface area (Å²) in [5, 5.41) is 34.6. The molecule has 0 spiro atoms. The Kier molecular flexibility index (Phi) is 21.4. The average Bonchev–Trinajstić information content (AvgIpc) is 3.12. The zero-order chi connectivity index (χ0) is 42.8. The van der Waals surface area contributed by atoms with Crippen LogP contribution in [0.2, 0.25) is 0 Å². The Hall–Kier alpha value is -3.96. The van der Waals surface area contributed by atoms with Gasteiger partial charge in [0.15, 0.2) is 34.8 Å². The van der Waals surface area contributed by atoms with Gasteiger partial charge in [0.2, 0.25) is 16.3 Å². The highest BCUT2D eigenvalue weighted by Crippen LogP contribution is 2.41. The molecule has 3 aromatic heterocycles. The predicted octanol–water partition coefficient (Wildman–Crippen LogP) is 5.89. The van der Waals surface area contributed by atoms with Crippen molar-refractivity contribution in [3.63, 3.8) is 0 Å². The molecule has 13 nitrogen and oxygen atoms in total. The van der Waals surface area contributed by atoms with Gasteiger partial charge >= 0.3 is 18.5 Å². The van der Waals surface area contributed by atoms with Gasteiger partial charge in [-0.3, -0.25) is 19.3 Å². The van der Waals surface area contributed by atoms with Crippen molar-refractivity contribution in [1.82, 2.24) is 18.6 Å². The molecule has 2 aliphatic heterocycles. The smallest absolute Gasteiger partial charge is 0.420 e. The van der Waals surface area contributed by atoms with Crippen molar-refractivity contribution >= 4 is 24.0 Å². The first-order valence-electron chi connectivity index (χ1n) is 16.4. The molecule has 2 fully saturated rings. The van der Waals surface area contributed by atoms with Gasteiger partial charge in [-0.2, -0.15) is 39.5 Å². The molecule has 0 aromatic carbocycles. The number of pyridine rings is 3. The van der Waals surface area contributed by atoms with E-state index in [1.807, 2.05) is 0 Å². The van der Waals surface area contributed by atoms with Crippen molar-refractivity contribution in [3.8, 4) is 17.2 Å². The van der Waals surface area contributed by atoms with Gasteiger partial charge in [0.05, 0.1) is 24.6 Å². The van der Waals surface area contributed by atoms with Crippen LogP contribution in [0.4, 0.5) is 39.5 Å². The van der Waals surface area contributed by atoms with Gasteiger partial charge in [-0.25, -0.2) is 0 Å². The molecule has 3 atom stereocenters. The number of morpholine rings is 1. The van der Waals surface area contributed by atoms with Crippen molar-refractivity contribution < 1.29 is 69.4 Å². The van der Waals surface area contributed by atoms with Gasteiger partial charge in [0, 0.05) is 84.2 Å². The fourth-order valence-corrected chi connectivity index (χ4v) is 5.46. The number of rotatable bonds is 4. The fourth-order valence-electron chi connectivity index (χ4n) is 5.21. The van der Waals surface area contributed by atoms with E-state index in [9.17, 15) is 64.1 Å². The fraction of sp³-hybridized carbons (Fsp3) is 0.559. The van der Waals surface area contributed by atoms with Gasteiger partial charge in [-0.1, -0.05) is 7.43 Å². The van der Waals surface area contributed by atoms with E-state index in [1.54, 1.807) is 0 Å². The van der Waals surface area contributed by atoms with Crippen molar-refractivity contribution in [2.45, 2.75) is 62.7 Å². The zero-order valence-corrected chi connectivity index (χ0v) is 31.9. The summed E-state index contributed by atoms with van der Waals surface area (Å²) >= 11 is 5.12. The minimum absolute atomic E-state index is 0. The van der Waals surface area contributed by atoms with E-state index >= 15 is 0 Å². The van der Waals surface area contributed by atoms with Crippen LogP contribution in [0.5, 0.6) is 17.2 Å². The molecule has 0 saturated carbocycles. The number of nitrogens with zero attached hydrogens (tertiary/aromatic N) is 4. The van der Waals surface area contributed by atoms with Crippen molar-refractivity contribution in [3.05, 3.63) is 84.5 Å². The molecule has 3 aromatic rings. The summed E-state index contributed by atoms with van der Waals surface area (Å²) in [5.74, 6) is -2.93. The Labute approximate surface area is 336 Å². The molecular formula is C34H45Cl2F9N4O9. The molecule has 332 valence electrons. The van der Waals surface area contributed by atoms with Gasteiger partial charge in [0.1, 0.15) is 5.69 Å². The van der Waals surface area contributed by atoms with Crippen LogP contribution in [0, 0.1) is 0 Å². The quantitative estimate of drug-likeness (QED) is 0.183. The maximum atomic E-state index is 13.4. The minimum Gasteiger partial charge on any atom is -0.503 e. The molecule has 0 bridgehead atoms. The van der Waals surface area contributed by atoms with Crippen LogP contribution in [-0.2, 0) is 30.6 Å². The highest BCUT2D eigenvalue weighted by molar-refractivity contribution is 6.21. The molecule has 5 rings (SSSR count). The molecule has 5 heterocycles. The Morgan fingerprint density at radius 2 is 0.966 bits per heavy atom. The maximum absolute atomic E-state index is 13.4. The van der Waals surface area contributed by atoms with Gasteiger partial charge in [0.25, 0.3) is 0 Å². The number of aromatic hydroxyl groups is 3. The number of aliphatic hydroxyl groups excluding tert-OH is 1. The van der Waals surface area contributed by atoms with E-state index in [0.29, 0.717) is 0 Å². The number of hydrogen-bond donors (Lipinski definition) is 4. The van der Waals surface area contributed by atoms with Crippen LogP contribution in [0.15, 0.2) is 51.2 Å². The van der Waals surface area contributed by atoms with Crippen LogP contribution >= 0.6 is 24.0 Å². The van der Waals surface area contributed by atoms with Gasteiger partial charge in [-0.05, 0) is 19.3 Å². The summed E-state index contributed by atoms with van der Waals surface area (Å²) in [4.78, 5) is 34.4. The Balaban J connectivity index is 0.000000778. The third-order valence-corrected chi connectivity index (χ3v) is 8.52. The summed E-state index contributed by atoms with van der Waals surface area (Å²) in [5.41, 5.74) is -4.64. The molecule has 0 aliphatic carbocycles.